The van der Waals surface area contributed by atoms with Gasteiger partial charge in [0.05, 0.1) is 17.5 Å². The molecule has 4 atom stereocenters. The smallest absolute Gasteiger partial charge is 0.416 e. The molecule has 2 amide bonds. The van der Waals surface area contributed by atoms with E-state index in [4.69, 9.17) is 10.5 Å². The molecule has 2 aliphatic heterocycles. The molecule has 0 saturated carbocycles. The number of nitrogens with one attached hydrogen (secondary N) is 2. The maximum absolute atomic E-state index is 13.4. The molecule has 5 N–H and O–H groups in total. The zero-order valence-electron chi connectivity index (χ0n) is 22.1. The second-order valence-electron chi connectivity index (χ2n) is 9.85. The third-order valence-electron chi connectivity index (χ3n) is 6.97. The number of benzene rings is 3. The zero-order chi connectivity index (χ0) is 30.4. The van der Waals surface area contributed by atoms with Crippen LogP contribution in [0.4, 0.5) is 13.2 Å². The van der Waals surface area contributed by atoms with E-state index in [1.54, 1.807) is 36.4 Å². The highest BCUT2D eigenvalue weighted by atomic mass is 19.4. The summed E-state index contributed by atoms with van der Waals surface area (Å²) in [6.07, 6.45) is -5.06. The van der Waals surface area contributed by atoms with E-state index >= 15 is 0 Å². The Morgan fingerprint density at radius 2 is 1.69 bits per heavy atom. The molecular weight excluding hydrogens is 555 g/mol. The van der Waals surface area contributed by atoms with Gasteiger partial charge >= 0.3 is 6.18 Å². The number of ether oxygens (including phenoxy) is 1. The second kappa shape index (κ2) is 13.0. The van der Waals surface area contributed by atoms with E-state index in [0.29, 0.717) is 11.1 Å². The number of fused-ring (bicyclic) bond motifs is 1. The molecule has 0 aliphatic carbocycles. The van der Waals surface area contributed by atoms with Gasteiger partial charge in [-0.25, -0.2) is 0 Å². The van der Waals surface area contributed by atoms with Crippen LogP contribution in [-0.2, 0) is 26.9 Å². The van der Waals surface area contributed by atoms with Gasteiger partial charge in [-0.3, -0.25) is 24.5 Å². The minimum absolute atomic E-state index is 0.0188. The first-order valence-electron chi connectivity index (χ1n) is 13.0. The number of nitrogens with two attached hydrogens (primary N) is 1. The van der Waals surface area contributed by atoms with E-state index in [2.05, 4.69) is 10.6 Å². The minimum Gasteiger partial charge on any atom is -0.508 e. The van der Waals surface area contributed by atoms with Crippen molar-refractivity contribution in [3.63, 3.8) is 0 Å². The lowest BCUT2D eigenvalue weighted by molar-refractivity contribution is -0.137. The Morgan fingerprint density at radius 1 is 1.00 bits per heavy atom. The number of hydrogen-bond acceptors (Lipinski definition) is 7. The van der Waals surface area contributed by atoms with E-state index in [0.717, 1.165) is 24.3 Å². The first kappa shape index (κ1) is 30.4. The van der Waals surface area contributed by atoms with E-state index in [1.165, 1.54) is 12.1 Å². The number of primary amides is 1. The van der Waals surface area contributed by atoms with Crippen LogP contribution < -0.4 is 16.4 Å². The second-order valence-corrected chi connectivity index (χ2v) is 9.85. The quantitative estimate of drug-likeness (QED) is 0.334. The number of alkyl halides is 3. The summed E-state index contributed by atoms with van der Waals surface area (Å²) in [5.41, 5.74) is 5.16. The lowest BCUT2D eigenvalue weighted by Crippen LogP contribution is -2.47. The standard InChI is InChI=1S/C23H21F3N2O5.C7H7NO/c24-23(25,26)14-6-4-13(5-7-14)21(32)28-17(9-12-2-1-3-15(29)8-12)20(31)16-10-27-22-19(16)18(30)11-33-22;8-7(9)6-4-2-1-3-5-6/h1-8,16-17,19,22,27,29H,9-11H2,(H,28,32);1-5H,(H2,8,9). The average Bonchev–Trinajstić information content (AvgIpc) is 3.55. The third kappa shape index (κ3) is 7.39. The number of hydrogen-bond donors (Lipinski definition) is 4. The van der Waals surface area contributed by atoms with Gasteiger partial charge in [-0.1, -0.05) is 30.3 Å². The molecule has 3 aromatic rings. The largest absolute Gasteiger partial charge is 0.508 e. The minimum atomic E-state index is -4.54. The molecule has 2 heterocycles. The highest BCUT2D eigenvalue weighted by Gasteiger charge is 2.50. The summed E-state index contributed by atoms with van der Waals surface area (Å²) in [4.78, 5) is 48.8. The monoisotopic (exact) mass is 583 g/mol. The number of aromatic hydroxyl groups is 1. The van der Waals surface area contributed by atoms with Gasteiger partial charge in [0.25, 0.3) is 5.91 Å². The predicted octanol–water partition coefficient (Wildman–Crippen LogP) is 2.87. The molecule has 0 bridgehead atoms. The molecule has 3 aromatic carbocycles. The summed E-state index contributed by atoms with van der Waals surface area (Å²) in [5.74, 6) is -3.09. The fourth-order valence-electron chi connectivity index (χ4n) is 4.86. The number of Topliss-reactive ketones (excluding diaryl/α,β-unsaturated/α-hetero) is 2. The normalized spacial score (nSPS) is 20.2. The van der Waals surface area contributed by atoms with Gasteiger partial charge in [0, 0.05) is 23.6 Å². The molecule has 0 radical (unpaired) electrons. The van der Waals surface area contributed by atoms with Crippen LogP contribution in [0.3, 0.4) is 0 Å². The molecule has 0 spiro atoms. The molecule has 0 aromatic heterocycles. The number of phenols is 1. The zero-order valence-corrected chi connectivity index (χ0v) is 22.1. The molecule has 220 valence electrons. The first-order chi connectivity index (χ1) is 19.9. The van der Waals surface area contributed by atoms with Gasteiger partial charge in [-0.05, 0) is 60.5 Å². The van der Waals surface area contributed by atoms with Gasteiger partial charge in [0.2, 0.25) is 5.91 Å². The van der Waals surface area contributed by atoms with Crippen LogP contribution in [0.5, 0.6) is 5.75 Å². The maximum Gasteiger partial charge on any atom is 0.416 e. The van der Waals surface area contributed by atoms with E-state index < -0.39 is 47.5 Å². The Morgan fingerprint density at radius 3 is 2.29 bits per heavy atom. The highest BCUT2D eigenvalue weighted by molar-refractivity contribution is 6.00. The van der Waals surface area contributed by atoms with Crippen molar-refractivity contribution in [2.75, 3.05) is 13.2 Å². The predicted molar refractivity (Wildman–Crippen MR) is 144 cm³/mol. The van der Waals surface area contributed by atoms with Crippen molar-refractivity contribution in [1.29, 1.82) is 0 Å². The van der Waals surface area contributed by atoms with Gasteiger partial charge in [-0.2, -0.15) is 13.2 Å². The molecule has 2 aliphatic rings. The van der Waals surface area contributed by atoms with E-state index in [-0.39, 0.29) is 42.6 Å². The van der Waals surface area contributed by atoms with Crippen molar-refractivity contribution in [2.45, 2.75) is 24.9 Å². The average molecular weight is 584 g/mol. The molecule has 9 nitrogen and oxygen atoms in total. The van der Waals surface area contributed by atoms with Crippen molar-refractivity contribution in [2.24, 2.45) is 17.6 Å². The molecule has 2 fully saturated rings. The van der Waals surface area contributed by atoms with E-state index in [1.807, 2.05) is 6.07 Å². The number of phenolic OH excluding ortho intramolecular Hbond substituents is 1. The van der Waals surface area contributed by atoms with E-state index in [9.17, 15) is 37.5 Å². The number of halogens is 3. The summed E-state index contributed by atoms with van der Waals surface area (Å²) < 4.78 is 43.8. The molecule has 42 heavy (non-hydrogen) atoms. The number of amides is 2. The summed E-state index contributed by atoms with van der Waals surface area (Å²) in [6.45, 7) is 0.105. The Labute approximate surface area is 238 Å². The van der Waals surface area contributed by atoms with Crippen LogP contribution in [0.1, 0.15) is 31.8 Å². The van der Waals surface area contributed by atoms with Crippen LogP contribution >= 0.6 is 0 Å². The number of carbonyl (C=O) groups is 4. The van der Waals surface area contributed by atoms with Crippen molar-refractivity contribution in [3.8, 4) is 5.75 Å². The summed E-state index contributed by atoms with van der Waals surface area (Å²) in [6, 6.07) is 17.5. The molecular formula is C30H28F3N3O6. The molecule has 4 unspecified atom stereocenters. The number of ketones is 2. The fraction of sp³-hybridized carbons (Fsp3) is 0.267. The van der Waals surface area contributed by atoms with Crippen LogP contribution in [0, 0.1) is 11.8 Å². The van der Waals surface area contributed by atoms with Crippen LogP contribution in [0.2, 0.25) is 0 Å². The summed E-state index contributed by atoms with van der Waals surface area (Å²) in [7, 11) is 0. The van der Waals surface area contributed by atoms with Crippen molar-refractivity contribution in [3.05, 3.63) is 101 Å². The topological polar surface area (TPSA) is 148 Å². The maximum atomic E-state index is 13.4. The van der Waals surface area contributed by atoms with Gasteiger partial charge in [0.1, 0.15) is 18.6 Å². The Bertz CT molecular complexity index is 1450. The molecule has 2 saturated heterocycles. The highest BCUT2D eigenvalue weighted by Crippen LogP contribution is 2.32. The molecule has 12 heteroatoms. The number of rotatable bonds is 7. The first-order valence-corrected chi connectivity index (χ1v) is 13.0. The molecule has 5 rings (SSSR count). The van der Waals surface area contributed by atoms with Gasteiger partial charge in [-0.15, -0.1) is 0 Å². The van der Waals surface area contributed by atoms with Crippen molar-refractivity contribution < 1.29 is 42.2 Å². The van der Waals surface area contributed by atoms with Crippen molar-refractivity contribution >= 4 is 23.4 Å². The Hall–Kier alpha value is -4.55. The fourth-order valence-corrected chi connectivity index (χ4v) is 4.86. The Balaban J connectivity index is 0.000000385. The third-order valence-corrected chi connectivity index (χ3v) is 6.97. The van der Waals surface area contributed by atoms with Crippen LogP contribution in [-0.4, -0.2) is 53.9 Å². The van der Waals surface area contributed by atoms with Crippen LogP contribution in [0.15, 0.2) is 78.9 Å². The van der Waals surface area contributed by atoms with Gasteiger partial charge in [0.15, 0.2) is 11.6 Å². The Kier molecular flexibility index (Phi) is 9.38. The SMILES string of the molecule is NC(=O)c1ccccc1.O=C(NC(Cc1cccc(O)c1)C(=O)C1CNC2OCC(=O)C21)c1ccc(C(F)(F)F)cc1. The number of carbonyl (C=O) groups excluding carboxylic acids is 4. The summed E-state index contributed by atoms with van der Waals surface area (Å²) in [5, 5.41) is 15.3. The summed E-state index contributed by atoms with van der Waals surface area (Å²) >= 11 is 0. The van der Waals surface area contributed by atoms with Crippen molar-refractivity contribution in [1.82, 2.24) is 10.6 Å². The van der Waals surface area contributed by atoms with Gasteiger partial charge < -0.3 is 20.9 Å². The lowest BCUT2D eigenvalue weighted by Gasteiger charge is -2.23. The lowest BCUT2D eigenvalue weighted by atomic mass is 9.84. The van der Waals surface area contributed by atoms with Crippen LogP contribution in [0.25, 0.3) is 0 Å².